The van der Waals surface area contributed by atoms with Crippen LogP contribution in [0.2, 0.25) is 0 Å². The third-order valence-electron chi connectivity index (χ3n) is 4.93. The Balaban J connectivity index is 1.66. The summed E-state index contributed by atoms with van der Waals surface area (Å²) < 4.78 is 11.6. The summed E-state index contributed by atoms with van der Waals surface area (Å²) in [6.45, 7) is 7.24. The van der Waals surface area contributed by atoms with Gasteiger partial charge in [-0.15, -0.1) is 0 Å². The molecule has 1 aromatic carbocycles. The molecule has 2 aliphatic rings. The van der Waals surface area contributed by atoms with Crippen molar-refractivity contribution in [2.24, 2.45) is 0 Å². The van der Waals surface area contributed by atoms with Gasteiger partial charge in [-0.1, -0.05) is 30.3 Å². The first-order valence-corrected chi connectivity index (χ1v) is 8.98. The Hall–Kier alpha value is -1.72. The first-order valence-electron chi connectivity index (χ1n) is 8.98. The van der Waals surface area contributed by atoms with Gasteiger partial charge in [0.05, 0.1) is 12.7 Å². The standard InChI is InChI=1S/C20H27NO4/c1-19(2,3)25-18(23)20-11-9-16(13-21(20)12-10-17(20)22)24-14-15-7-5-4-6-8-15/h4-8,16H,9-14H2,1-3H3/t16-,20-/m1/s1. The normalized spacial score (nSPS) is 27.2. The third-order valence-corrected chi connectivity index (χ3v) is 4.93. The zero-order valence-corrected chi connectivity index (χ0v) is 15.3. The number of ether oxygens (including phenoxy) is 2. The van der Waals surface area contributed by atoms with Crippen LogP contribution in [0.5, 0.6) is 0 Å². The number of ketones is 1. The number of rotatable bonds is 4. The van der Waals surface area contributed by atoms with E-state index >= 15 is 0 Å². The van der Waals surface area contributed by atoms with Gasteiger partial charge in [-0.25, -0.2) is 4.79 Å². The lowest BCUT2D eigenvalue weighted by atomic mass is 9.84. The summed E-state index contributed by atoms with van der Waals surface area (Å²) in [5.74, 6) is -0.410. The summed E-state index contributed by atoms with van der Waals surface area (Å²) >= 11 is 0. The zero-order chi connectivity index (χ0) is 18.1. The van der Waals surface area contributed by atoms with Crippen LogP contribution in [0.3, 0.4) is 0 Å². The zero-order valence-electron chi connectivity index (χ0n) is 15.3. The molecule has 0 saturated carbocycles. The van der Waals surface area contributed by atoms with Gasteiger partial charge in [-0.2, -0.15) is 0 Å². The Morgan fingerprint density at radius 1 is 1.28 bits per heavy atom. The average Bonchev–Trinajstić information content (AvgIpc) is 2.90. The van der Waals surface area contributed by atoms with Gasteiger partial charge in [-0.3, -0.25) is 9.69 Å². The van der Waals surface area contributed by atoms with Gasteiger partial charge in [0.15, 0.2) is 11.3 Å². The molecule has 5 nitrogen and oxygen atoms in total. The maximum absolute atomic E-state index is 12.8. The van der Waals surface area contributed by atoms with Crippen molar-refractivity contribution in [2.45, 2.75) is 63.9 Å². The molecule has 2 atom stereocenters. The van der Waals surface area contributed by atoms with Gasteiger partial charge in [0.25, 0.3) is 0 Å². The second kappa shape index (κ2) is 6.89. The number of hydrogen-bond donors (Lipinski definition) is 0. The predicted molar refractivity (Wildman–Crippen MR) is 94.0 cm³/mol. The molecule has 2 fully saturated rings. The summed E-state index contributed by atoms with van der Waals surface area (Å²) in [5.41, 5.74) is -0.565. The molecule has 0 N–H and O–H groups in total. The number of fused-ring (bicyclic) bond motifs is 1. The largest absolute Gasteiger partial charge is 0.458 e. The maximum atomic E-state index is 12.8. The first-order chi connectivity index (χ1) is 11.8. The summed E-state index contributed by atoms with van der Waals surface area (Å²) in [4.78, 5) is 27.3. The topological polar surface area (TPSA) is 55.8 Å². The van der Waals surface area contributed by atoms with Gasteiger partial charge in [0.2, 0.25) is 0 Å². The van der Waals surface area contributed by atoms with Crippen LogP contribution in [0.15, 0.2) is 30.3 Å². The third kappa shape index (κ3) is 3.77. The lowest BCUT2D eigenvalue weighted by Gasteiger charge is -2.42. The van der Waals surface area contributed by atoms with Crippen LogP contribution in [-0.4, -0.2) is 47.0 Å². The second-order valence-corrected chi connectivity index (χ2v) is 7.94. The number of carbonyl (C=O) groups excluding carboxylic acids is 2. The predicted octanol–water partition coefficient (Wildman–Crippen LogP) is 2.72. The van der Waals surface area contributed by atoms with Crippen molar-refractivity contribution in [1.29, 1.82) is 0 Å². The van der Waals surface area contributed by atoms with E-state index in [0.717, 1.165) is 5.56 Å². The summed E-state index contributed by atoms with van der Waals surface area (Å²) in [5, 5.41) is 0. The minimum absolute atomic E-state index is 0.0109. The van der Waals surface area contributed by atoms with Crippen molar-refractivity contribution < 1.29 is 19.1 Å². The van der Waals surface area contributed by atoms with E-state index < -0.39 is 17.1 Å². The Bertz CT molecular complexity index is 637. The number of Topliss-reactive ketones (excluding diaryl/α,β-unsaturated/α-hetero) is 1. The molecule has 0 aromatic heterocycles. The van der Waals surface area contributed by atoms with Crippen molar-refractivity contribution in [2.75, 3.05) is 13.1 Å². The van der Waals surface area contributed by atoms with E-state index in [2.05, 4.69) is 0 Å². The highest BCUT2D eigenvalue weighted by atomic mass is 16.6. The molecule has 5 heteroatoms. The van der Waals surface area contributed by atoms with Gasteiger partial charge in [0.1, 0.15) is 5.60 Å². The van der Waals surface area contributed by atoms with Crippen molar-refractivity contribution in [3.05, 3.63) is 35.9 Å². The highest BCUT2D eigenvalue weighted by Gasteiger charge is 2.58. The number of hydrogen-bond acceptors (Lipinski definition) is 5. The lowest BCUT2D eigenvalue weighted by Crippen LogP contribution is -2.61. The van der Waals surface area contributed by atoms with Crippen molar-refractivity contribution in [3.63, 3.8) is 0 Å². The van der Waals surface area contributed by atoms with Crippen LogP contribution in [0.4, 0.5) is 0 Å². The Morgan fingerprint density at radius 2 is 2.00 bits per heavy atom. The summed E-state index contributed by atoms with van der Waals surface area (Å²) in [6.07, 6.45) is 1.60. The molecule has 0 aliphatic carbocycles. The van der Waals surface area contributed by atoms with E-state index in [0.29, 0.717) is 39.0 Å². The molecule has 136 valence electrons. The van der Waals surface area contributed by atoms with Crippen LogP contribution in [-0.2, 0) is 25.7 Å². The molecule has 0 radical (unpaired) electrons. The molecule has 0 spiro atoms. The molecule has 1 aromatic rings. The number of piperidine rings is 1. The molecular formula is C20H27NO4. The van der Waals surface area contributed by atoms with E-state index in [9.17, 15) is 9.59 Å². The molecule has 2 heterocycles. The second-order valence-electron chi connectivity index (χ2n) is 7.94. The SMILES string of the molecule is CC(C)(C)OC(=O)[C@]12CC[C@@H](OCc3ccccc3)CN1CCC2=O. The van der Waals surface area contributed by atoms with Crippen molar-refractivity contribution in [3.8, 4) is 0 Å². The highest BCUT2D eigenvalue weighted by molar-refractivity contribution is 6.10. The Labute approximate surface area is 149 Å². The molecular weight excluding hydrogens is 318 g/mol. The maximum Gasteiger partial charge on any atom is 0.334 e. The fourth-order valence-electron chi connectivity index (χ4n) is 3.69. The van der Waals surface area contributed by atoms with E-state index in [1.54, 1.807) is 0 Å². The average molecular weight is 345 g/mol. The van der Waals surface area contributed by atoms with E-state index in [4.69, 9.17) is 9.47 Å². The molecule has 0 unspecified atom stereocenters. The minimum atomic E-state index is -1.10. The smallest absolute Gasteiger partial charge is 0.334 e. The highest BCUT2D eigenvalue weighted by Crippen LogP contribution is 2.38. The number of carbonyl (C=O) groups is 2. The molecule has 0 amide bonds. The molecule has 3 rings (SSSR count). The molecule has 0 bridgehead atoms. The monoisotopic (exact) mass is 345 g/mol. The van der Waals surface area contributed by atoms with Gasteiger partial charge < -0.3 is 9.47 Å². The van der Waals surface area contributed by atoms with Crippen molar-refractivity contribution >= 4 is 11.8 Å². The molecule has 2 aliphatic heterocycles. The fraction of sp³-hybridized carbons (Fsp3) is 0.600. The van der Waals surface area contributed by atoms with Gasteiger partial charge in [0, 0.05) is 19.5 Å². The lowest BCUT2D eigenvalue weighted by molar-refractivity contribution is -0.175. The van der Waals surface area contributed by atoms with Crippen LogP contribution in [0.1, 0.15) is 45.6 Å². The van der Waals surface area contributed by atoms with Crippen LogP contribution < -0.4 is 0 Å². The van der Waals surface area contributed by atoms with Gasteiger partial charge in [-0.05, 0) is 39.2 Å². The number of esters is 1. The van der Waals surface area contributed by atoms with Crippen LogP contribution in [0, 0.1) is 0 Å². The summed E-state index contributed by atoms with van der Waals surface area (Å²) in [6, 6.07) is 10.0. The Kier molecular flexibility index (Phi) is 4.98. The van der Waals surface area contributed by atoms with Crippen LogP contribution in [0.25, 0.3) is 0 Å². The Morgan fingerprint density at radius 3 is 2.68 bits per heavy atom. The van der Waals surface area contributed by atoms with E-state index in [-0.39, 0.29) is 11.9 Å². The number of nitrogens with zero attached hydrogens (tertiary/aromatic N) is 1. The summed E-state index contributed by atoms with van der Waals surface area (Å²) in [7, 11) is 0. The fourth-order valence-corrected chi connectivity index (χ4v) is 3.69. The van der Waals surface area contributed by atoms with E-state index in [1.165, 1.54) is 0 Å². The van der Waals surface area contributed by atoms with Gasteiger partial charge >= 0.3 is 5.97 Å². The molecule has 2 saturated heterocycles. The minimum Gasteiger partial charge on any atom is -0.458 e. The van der Waals surface area contributed by atoms with Crippen LogP contribution >= 0.6 is 0 Å². The van der Waals surface area contributed by atoms with E-state index in [1.807, 2.05) is 56.0 Å². The van der Waals surface area contributed by atoms with Crippen molar-refractivity contribution in [1.82, 2.24) is 4.90 Å². The first kappa shape index (κ1) is 18.1. The number of benzene rings is 1. The quantitative estimate of drug-likeness (QED) is 0.620. The molecule has 25 heavy (non-hydrogen) atoms.